The van der Waals surface area contributed by atoms with Gasteiger partial charge in [0.1, 0.15) is 0 Å². The predicted molar refractivity (Wildman–Crippen MR) is 65.4 cm³/mol. The van der Waals surface area contributed by atoms with Gasteiger partial charge in [-0.05, 0) is 12.8 Å². The van der Waals surface area contributed by atoms with Gasteiger partial charge in [-0.1, -0.05) is 25.7 Å². The summed E-state index contributed by atoms with van der Waals surface area (Å²) in [4.78, 5) is 20.3. The van der Waals surface area contributed by atoms with Crippen molar-refractivity contribution in [3.05, 3.63) is 0 Å². The molecule has 0 saturated heterocycles. The number of carboxylic acids is 1. The highest BCUT2D eigenvalue weighted by molar-refractivity contribution is 5.66. The van der Waals surface area contributed by atoms with E-state index >= 15 is 0 Å². The van der Waals surface area contributed by atoms with Crippen molar-refractivity contribution >= 4 is 12.1 Å². The molecule has 0 aromatic carbocycles. The van der Waals surface area contributed by atoms with Crippen molar-refractivity contribution in [2.24, 2.45) is 0 Å². The second kappa shape index (κ2) is 12.1. The van der Waals surface area contributed by atoms with Gasteiger partial charge in [0.2, 0.25) is 0 Å². The molecular formula is C10H22N4O4. The van der Waals surface area contributed by atoms with Crippen molar-refractivity contribution in [1.29, 1.82) is 0 Å². The molecule has 6 N–H and O–H groups in total. The third-order valence-corrected chi connectivity index (χ3v) is 2.26. The molecule has 0 spiro atoms. The molecule has 0 rings (SSSR count). The van der Waals surface area contributed by atoms with Crippen LogP contribution >= 0.6 is 0 Å². The van der Waals surface area contributed by atoms with Crippen molar-refractivity contribution in [2.45, 2.75) is 44.9 Å². The van der Waals surface area contributed by atoms with Crippen LogP contribution in [0, 0.1) is 0 Å². The normalized spacial score (nSPS) is 10.2. The van der Waals surface area contributed by atoms with Crippen LogP contribution in [0.15, 0.2) is 0 Å². The highest BCUT2D eigenvalue weighted by Crippen LogP contribution is 2.06. The summed E-state index contributed by atoms with van der Waals surface area (Å²) < 4.78 is 0. The highest BCUT2D eigenvalue weighted by Gasteiger charge is 1.96. The summed E-state index contributed by atoms with van der Waals surface area (Å²) in [6.45, 7) is 0.726. The Balaban J connectivity index is 2.99. The maximum absolute atomic E-state index is 10.2. The van der Waals surface area contributed by atoms with Crippen molar-refractivity contribution in [3.8, 4) is 0 Å². The summed E-state index contributed by atoms with van der Waals surface area (Å²) in [5.41, 5.74) is 9.45. The molecule has 0 bridgehead atoms. The minimum absolute atomic E-state index is 0.258. The number of hydrazine groups is 3. The van der Waals surface area contributed by atoms with Gasteiger partial charge in [0, 0.05) is 13.0 Å². The molecule has 0 aliphatic carbocycles. The lowest BCUT2D eigenvalue weighted by molar-refractivity contribution is -0.137. The van der Waals surface area contributed by atoms with Crippen LogP contribution in [0.1, 0.15) is 44.9 Å². The molecule has 0 aliphatic rings. The predicted octanol–water partition coefficient (Wildman–Crippen LogP) is 0.583. The van der Waals surface area contributed by atoms with Crippen molar-refractivity contribution in [2.75, 3.05) is 6.54 Å². The molecule has 0 atom stereocenters. The second-order valence-corrected chi connectivity index (χ2v) is 3.87. The molecular weight excluding hydrogens is 240 g/mol. The van der Waals surface area contributed by atoms with E-state index in [-0.39, 0.29) is 6.42 Å². The van der Waals surface area contributed by atoms with Gasteiger partial charge in [0.15, 0.2) is 0 Å². The molecule has 0 aliphatic heterocycles. The molecule has 0 fully saturated rings. The number of amides is 1. The smallest absolute Gasteiger partial charge is 0.420 e. The fourth-order valence-corrected chi connectivity index (χ4v) is 1.39. The zero-order valence-corrected chi connectivity index (χ0v) is 10.4. The third-order valence-electron chi connectivity index (χ3n) is 2.26. The number of carbonyl (C=O) groups is 2. The SMILES string of the molecule is O=C(O)CCCCCCCCNNNNC(=O)O. The molecule has 8 heteroatoms. The zero-order valence-electron chi connectivity index (χ0n) is 10.4. The molecule has 0 aromatic heterocycles. The Bertz CT molecular complexity index is 214. The van der Waals surface area contributed by atoms with E-state index in [2.05, 4.69) is 16.5 Å². The molecule has 8 nitrogen and oxygen atoms in total. The minimum atomic E-state index is -1.16. The van der Waals surface area contributed by atoms with Crippen molar-refractivity contribution in [1.82, 2.24) is 21.9 Å². The molecule has 18 heavy (non-hydrogen) atoms. The summed E-state index contributed by atoms with van der Waals surface area (Å²) in [7, 11) is 0. The van der Waals surface area contributed by atoms with Crippen LogP contribution in [0.4, 0.5) is 4.79 Å². The van der Waals surface area contributed by atoms with Crippen LogP contribution in [0.2, 0.25) is 0 Å². The molecule has 0 heterocycles. The Hall–Kier alpha value is -1.38. The van der Waals surface area contributed by atoms with Crippen molar-refractivity contribution in [3.63, 3.8) is 0 Å². The van der Waals surface area contributed by atoms with E-state index in [1.807, 2.05) is 5.43 Å². The quantitative estimate of drug-likeness (QED) is 0.225. The standard InChI is InChI=1S/C10H22N4O4/c15-9(16)7-5-3-1-2-4-6-8-11-13-14-12-10(17)18/h11-14H,1-8H2,(H,15,16)(H,17,18). The maximum atomic E-state index is 10.2. The Morgan fingerprint density at radius 1 is 0.833 bits per heavy atom. The Labute approximate surface area is 106 Å². The Morgan fingerprint density at radius 2 is 1.44 bits per heavy atom. The average Bonchev–Trinajstić information content (AvgIpc) is 2.29. The van der Waals surface area contributed by atoms with E-state index in [0.29, 0.717) is 0 Å². The number of carboxylic acid groups (broad SMARTS) is 2. The molecule has 106 valence electrons. The molecule has 0 unspecified atom stereocenters. The summed E-state index contributed by atoms with van der Waals surface area (Å²) in [6.07, 6.45) is 4.98. The van der Waals surface area contributed by atoms with Crippen LogP contribution in [0.3, 0.4) is 0 Å². The summed E-state index contributed by atoms with van der Waals surface area (Å²) in [5, 5.41) is 16.6. The van der Waals surface area contributed by atoms with Gasteiger partial charge in [-0.25, -0.2) is 15.6 Å². The molecule has 0 aromatic rings. The number of nitrogens with one attached hydrogen (secondary N) is 4. The lowest BCUT2D eigenvalue weighted by Crippen LogP contribution is -2.52. The van der Waals surface area contributed by atoms with Crippen LogP contribution in [-0.4, -0.2) is 28.8 Å². The first-order chi connectivity index (χ1) is 8.63. The third kappa shape index (κ3) is 14.6. The first-order valence-corrected chi connectivity index (χ1v) is 6.06. The number of aliphatic carboxylic acids is 1. The van der Waals surface area contributed by atoms with Gasteiger partial charge < -0.3 is 10.2 Å². The van der Waals surface area contributed by atoms with E-state index in [0.717, 1.165) is 45.1 Å². The van der Waals surface area contributed by atoms with Gasteiger partial charge in [-0.15, -0.1) is 0 Å². The second-order valence-electron chi connectivity index (χ2n) is 3.87. The Morgan fingerprint density at radius 3 is 2.06 bits per heavy atom. The van der Waals surface area contributed by atoms with E-state index in [1.54, 1.807) is 0 Å². The number of hydrogen-bond donors (Lipinski definition) is 6. The van der Waals surface area contributed by atoms with Crippen LogP contribution < -0.4 is 21.9 Å². The Kier molecular flexibility index (Phi) is 11.2. The zero-order chi connectivity index (χ0) is 13.6. The van der Waals surface area contributed by atoms with E-state index < -0.39 is 12.1 Å². The van der Waals surface area contributed by atoms with E-state index in [1.165, 1.54) is 0 Å². The average molecular weight is 262 g/mol. The van der Waals surface area contributed by atoms with Gasteiger partial charge in [-0.2, -0.15) is 11.1 Å². The first-order valence-electron chi connectivity index (χ1n) is 6.06. The number of unbranched alkanes of at least 4 members (excludes halogenated alkanes) is 5. The fraction of sp³-hybridized carbons (Fsp3) is 0.800. The van der Waals surface area contributed by atoms with Crippen LogP contribution in [0.25, 0.3) is 0 Å². The topological polar surface area (TPSA) is 123 Å². The van der Waals surface area contributed by atoms with Crippen LogP contribution in [0.5, 0.6) is 0 Å². The lowest BCUT2D eigenvalue weighted by Gasteiger charge is -2.07. The summed E-state index contributed by atoms with van der Waals surface area (Å²) in [6, 6.07) is 0. The van der Waals surface area contributed by atoms with Crippen molar-refractivity contribution < 1.29 is 19.8 Å². The summed E-state index contributed by atoms with van der Waals surface area (Å²) in [5.74, 6) is -0.729. The van der Waals surface area contributed by atoms with Gasteiger partial charge in [-0.3, -0.25) is 4.79 Å². The van der Waals surface area contributed by atoms with Crippen LogP contribution in [-0.2, 0) is 4.79 Å². The monoisotopic (exact) mass is 262 g/mol. The fourth-order valence-electron chi connectivity index (χ4n) is 1.39. The van der Waals surface area contributed by atoms with Gasteiger partial charge in [0.05, 0.1) is 0 Å². The molecule has 0 saturated carbocycles. The number of hydrogen-bond acceptors (Lipinski definition) is 5. The molecule has 0 radical (unpaired) electrons. The van der Waals surface area contributed by atoms with Gasteiger partial charge in [0.25, 0.3) is 0 Å². The lowest BCUT2D eigenvalue weighted by atomic mass is 10.1. The van der Waals surface area contributed by atoms with E-state index in [9.17, 15) is 9.59 Å². The first kappa shape index (κ1) is 16.6. The minimum Gasteiger partial charge on any atom is -0.481 e. The summed E-state index contributed by atoms with van der Waals surface area (Å²) >= 11 is 0. The highest BCUT2D eigenvalue weighted by atomic mass is 16.4. The number of rotatable bonds is 12. The van der Waals surface area contributed by atoms with E-state index in [4.69, 9.17) is 10.2 Å². The maximum Gasteiger partial charge on any atom is 0.420 e. The van der Waals surface area contributed by atoms with Gasteiger partial charge >= 0.3 is 12.1 Å². The molecule has 1 amide bonds. The largest absolute Gasteiger partial charge is 0.481 e.